The molecule has 2 saturated carbocycles. The zero-order valence-corrected chi connectivity index (χ0v) is 66.9. The highest BCUT2D eigenvalue weighted by molar-refractivity contribution is 7.16. The number of carboxylic acid groups (broad SMARTS) is 4. The molecular formula is C80H100N10O11S4. The van der Waals surface area contributed by atoms with Gasteiger partial charge in [-0.1, -0.05) is 111 Å². The number of hydrogen-bond acceptors (Lipinski definition) is 21. The molecule has 0 bridgehead atoms. The van der Waals surface area contributed by atoms with Crippen LogP contribution in [0.25, 0.3) is 0 Å². The molecule has 0 aromatic carbocycles. The lowest BCUT2D eigenvalue weighted by Gasteiger charge is -2.43. The van der Waals surface area contributed by atoms with Crippen LogP contribution < -0.4 is 9.80 Å². The van der Waals surface area contributed by atoms with Gasteiger partial charge in [0.05, 0.1) is 56.8 Å². The maximum Gasteiger partial charge on any atom is 0.337 e. The second kappa shape index (κ2) is 28.7. The van der Waals surface area contributed by atoms with Crippen LogP contribution >= 0.6 is 45.3 Å². The smallest absolute Gasteiger partial charge is 0.337 e. The third-order valence-electron chi connectivity index (χ3n) is 22.3. The summed E-state index contributed by atoms with van der Waals surface area (Å²) in [6.07, 6.45) is 18.9. The summed E-state index contributed by atoms with van der Waals surface area (Å²) in [5.74, 6) is -2.06. The monoisotopic (exact) mass is 1500 g/mol. The number of carbonyl (C=O) groups excluding carboxylic acids is 1. The van der Waals surface area contributed by atoms with Gasteiger partial charge in [-0.15, -0.1) is 45.3 Å². The highest BCUT2D eigenvalue weighted by atomic mass is 32.1. The van der Waals surface area contributed by atoms with E-state index in [-0.39, 0.29) is 83.2 Å². The molecule has 0 aliphatic heterocycles. The fraction of sp³-hybridized carbons (Fsp3) is 0.537. The summed E-state index contributed by atoms with van der Waals surface area (Å²) in [5, 5.41) is 50.4. The molecule has 560 valence electrons. The molecule has 0 amide bonds. The highest BCUT2D eigenvalue weighted by Gasteiger charge is 2.50. The van der Waals surface area contributed by atoms with Crippen LogP contribution in [0.1, 0.15) is 305 Å². The van der Waals surface area contributed by atoms with Crippen molar-refractivity contribution in [3.63, 3.8) is 0 Å². The molecule has 0 saturated heterocycles. The summed E-state index contributed by atoms with van der Waals surface area (Å²) in [4.78, 5) is 103. The van der Waals surface area contributed by atoms with Crippen molar-refractivity contribution in [3.8, 4) is 0 Å². The Balaban J connectivity index is 0.000000140. The maximum atomic E-state index is 12.7. The first-order valence-corrected chi connectivity index (χ1v) is 39.4. The molecule has 2 unspecified atom stereocenters. The summed E-state index contributed by atoms with van der Waals surface area (Å²) in [5.41, 5.74) is 4.31. The first-order chi connectivity index (χ1) is 48.9. The predicted octanol–water partition coefficient (Wildman–Crippen LogP) is 17.7. The van der Waals surface area contributed by atoms with Crippen molar-refractivity contribution in [3.05, 3.63) is 159 Å². The van der Waals surface area contributed by atoms with Crippen molar-refractivity contribution in [1.82, 2.24) is 39.9 Å². The first kappa shape index (κ1) is 78.3. The number of rotatable bonds is 16. The molecule has 0 radical (unpaired) electrons. The molecule has 105 heavy (non-hydrogen) atoms. The lowest BCUT2D eigenvalue weighted by atomic mass is 9.67. The average Bonchev–Trinajstić information content (AvgIpc) is 1.62. The molecule has 25 heteroatoms. The number of aromatic nitrogens is 8. The number of carbonyl (C=O) groups is 5. The standard InChI is InChI=1S/C22H29N3O3S.C21H27N3O2S.C19H24N2O3S.C18H20N2O3S/c1-21(2)10-15(28-5)22(3,4)17-18(21)29-20(24-17)25(12-13-6-7-13)16-9-8-14(11-23-16)19(26)27;1-20(2)10-11-21(3,4)17-16(20)23-19(27-17)24(14-6-5-7-14)15-9-8-13(12-22-15)18(25)26;1-17(2)8-9-18(3,4)14-13(17)21-16(25-14)19(5,24)12-7-6-11(10-20-12)15(22)23;1-17(2)7-8-18(3,4)14-13(17)20-15(24-14)12(21)11-6-5-10(9-19-11)16(22)23/h8-9,11,13,15H,6-7,10,12H2,1-5H3,(H,26,27);8-9,12,14H,5-7,10-11H2,1-4H3,(H,25,26);6-7,10,24H,8-9H2,1-5H3,(H,22,23);5-6,9H,7-8H2,1-4H3,(H,22,23). The van der Waals surface area contributed by atoms with Crippen molar-refractivity contribution < 1.29 is 54.2 Å². The highest BCUT2D eigenvalue weighted by Crippen LogP contribution is 2.55. The van der Waals surface area contributed by atoms with Gasteiger partial charge >= 0.3 is 23.9 Å². The lowest BCUT2D eigenvalue weighted by molar-refractivity contribution is 0.0136. The zero-order chi connectivity index (χ0) is 76.7. The average molecular weight is 1510 g/mol. The summed E-state index contributed by atoms with van der Waals surface area (Å²) < 4.78 is 5.85. The van der Waals surface area contributed by atoms with E-state index in [0.717, 1.165) is 96.9 Å². The number of aromatic carboxylic acids is 4. The Bertz CT molecular complexity index is 4470. The Morgan fingerprint density at radius 3 is 1.33 bits per heavy atom. The van der Waals surface area contributed by atoms with E-state index in [1.807, 2.05) is 6.07 Å². The second-order valence-corrected chi connectivity index (χ2v) is 38.3. The third-order valence-corrected chi connectivity index (χ3v) is 28.2. The van der Waals surface area contributed by atoms with E-state index in [2.05, 4.69) is 145 Å². The second-order valence-electron chi connectivity index (χ2n) is 34.4. The molecule has 2 atom stereocenters. The molecule has 0 spiro atoms. The summed E-state index contributed by atoms with van der Waals surface area (Å²) >= 11 is 6.52. The van der Waals surface area contributed by atoms with Crippen molar-refractivity contribution in [2.75, 3.05) is 23.5 Å². The number of fused-ring (bicyclic) bond motifs is 4. The fourth-order valence-corrected chi connectivity index (χ4v) is 19.8. The van der Waals surface area contributed by atoms with Crippen LogP contribution in [0.5, 0.6) is 0 Å². The lowest BCUT2D eigenvalue weighted by Crippen LogP contribution is -2.45. The van der Waals surface area contributed by atoms with Gasteiger partial charge in [0, 0.05) is 107 Å². The van der Waals surface area contributed by atoms with Gasteiger partial charge in [0.25, 0.3) is 0 Å². The van der Waals surface area contributed by atoms with Crippen LogP contribution in [-0.2, 0) is 53.7 Å². The van der Waals surface area contributed by atoms with Gasteiger partial charge in [-0.2, -0.15) is 0 Å². The van der Waals surface area contributed by atoms with Gasteiger partial charge in [0.15, 0.2) is 20.9 Å². The first-order valence-electron chi connectivity index (χ1n) is 36.1. The number of ketones is 1. The SMILES string of the molecule is CC1(C)CCC(C)(C)c2sc(C(=O)c3ccc(C(=O)O)cn3)nc21.CC1(C)CCC(C)(C)c2sc(C(C)(O)c3ccc(C(=O)O)cn3)nc21.CC1(C)CCC(C)(C)c2sc(N(c3ccc(C(=O)O)cn3)C3CCC3)nc21.COC1CC(C)(C)c2sc(N(CC3CC3)c3ccc(C(=O)O)cn3)nc2C1(C)C. The van der Waals surface area contributed by atoms with Crippen molar-refractivity contribution in [2.24, 2.45) is 5.92 Å². The van der Waals surface area contributed by atoms with E-state index in [1.165, 1.54) is 117 Å². The Morgan fingerprint density at radius 1 is 0.486 bits per heavy atom. The van der Waals surface area contributed by atoms with Crippen LogP contribution in [-0.4, -0.2) is 121 Å². The zero-order valence-electron chi connectivity index (χ0n) is 63.6. The van der Waals surface area contributed by atoms with Crippen LogP contribution in [0.3, 0.4) is 0 Å². The van der Waals surface area contributed by atoms with E-state index < -0.39 is 29.5 Å². The Hall–Kier alpha value is -7.81. The number of anilines is 4. The van der Waals surface area contributed by atoms with E-state index in [1.54, 1.807) is 61.0 Å². The number of aliphatic hydroxyl groups is 1. The number of thiazole rings is 4. The molecule has 8 heterocycles. The normalized spacial score (nSPS) is 20.4. The molecule has 6 aliphatic carbocycles. The van der Waals surface area contributed by atoms with Crippen molar-refractivity contribution >= 4 is 96.9 Å². The van der Waals surface area contributed by atoms with E-state index >= 15 is 0 Å². The van der Waals surface area contributed by atoms with Crippen molar-refractivity contribution in [2.45, 2.75) is 256 Å². The summed E-state index contributed by atoms with van der Waals surface area (Å²) in [6.45, 7) is 38.2. The van der Waals surface area contributed by atoms with E-state index in [0.29, 0.717) is 27.7 Å². The summed E-state index contributed by atoms with van der Waals surface area (Å²) in [7, 11) is 1.79. The van der Waals surface area contributed by atoms with Gasteiger partial charge < -0.3 is 35.2 Å². The largest absolute Gasteiger partial charge is 0.478 e. The topological polar surface area (TPSA) is 305 Å². The molecule has 2 fully saturated rings. The fourth-order valence-electron chi connectivity index (χ4n) is 14.3. The maximum absolute atomic E-state index is 12.7. The number of carboxylic acids is 4. The van der Waals surface area contributed by atoms with Gasteiger partial charge in [-0.05, 0) is 138 Å². The number of methoxy groups -OCH3 is 1. The Morgan fingerprint density at radius 2 is 0.914 bits per heavy atom. The quantitative estimate of drug-likeness (QED) is 0.0561. The van der Waals surface area contributed by atoms with Crippen LogP contribution in [0, 0.1) is 5.92 Å². The van der Waals surface area contributed by atoms with Crippen molar-refractivity contribution in [1.29, 1.82) is 0 Å². The van der Waals surface area contributed by atoms with Crippen LogP contribution in [0.2, 0.25) is 0 Å². The molecule has 5 N–H and O–H groups in total. The van der Waals surface area contributed by atoms with E-state index in [9.17, 15) is 34.2 Å². The van der Waals surface area contributed by atoms with Gasteiger partial charge in [-0.3, -0.25) is 19.7 Å². The summed E-state index contributed by atoms with van der Waals surface area (Å²) in [6, 6.07) is 13.1. The molecule has 8 aromatic rings. The minimum absolute atomic E-state index is 0.00666. The van der Waals surface area contributed by atoms with Gasteiger partial charge in [0.2, 0.25) is 5.78 Å². The number of nitrogens with zero attached hydrogens (tertiary/aromatic N) is 10. The molecule has 21 nitrogen and oxygen atoms in total. The number of hydrogen-bond donors (Lipinski definition) is 5. The Labute approximate surface area is 631 Å². The van der Waals surface area contributed by atoms with Crippen LogP contribution in [0.15, 0.2) is 73.3 Å². The minimum Gasteiger partial charge on any atom is -0.478 e. The van der Waals surface area contributed by atoms with Gasteiger partial charge in [-0.25, -0.2) is 49.1 Å². The van der Waals surface area contributed by atoms with Gasteiger partial charge in [0.1, 0.15) is 22.3 Å². The molecule has 8 aromatic heterocycles. The third kappa shape index (κ3) is 16.0. The molecule has 6 aliphatic rings. The predicted molar refractivity (Wildman–Crippen MR) is 412 cm³/mol. The van der Waals surface area contributed by atoms with Crippen LogP contribution in [0.4, 0.5) is 21.9 Å². The van der Waals surface area contributed by atoms with E-state index in [4.69, 9.17) is 35.0 Å². The Kier molecular flexibility index (Phi) is 21.4. The molecular weight excluding hydrogens is 1410 g/mol. The number of pyridine rings is 4. The minimum atomic E-state index is -1.36. The molecule has 14 rings (SSSR count). The number of ether oxygens (including phenoxy) is 1.